The maximum absolute atomic E-state index is 13.2. The Hall–Kier alpha value is -2.68. The van der Waals surface area contributed by atoms with E-state index in [9.17, 15) is 13.2 Å². The Labute approximate surface area is 196 Å². The summed E-state index contributed by atoms with van der Waals surface area (Å²) in [5.41, 5.74) is 2.56. The molecule has 4 rings (SSSR count). The van der Waals surface area contributed by atoms with Crippen LogP contribution in [0.5, 0.6) is 0 Å². The molecule has 5 nitrogen and oxygen atoms in total. The topological polar surface area (TPSA) is 76.1 Å². The van der Waals surface area contributed by atoms with Gasteiger partial charge in [0.15, 0.2) is 0 Å². The largest absolute Gasteiger partial charge is 0.272 e. The molecule has 1 N–H and O–H groups in total. The number of fused-ring (bicyclic) bond motifs is 1. The van der Waals surface area contributed by atoms with Crippen molar-refractivity contribution in [3.63, 3.8) is 0 Å². The van der Waals surface area contributed by atoms with E-state index in [1.807, 2.05) is 61.7 Å². The van der Waals surface area contributed by atoms with Crippen LogP contribution >= 0.6 is 23.1 Å². The van der Waals surface area contributed by atoms with Crippen LogP contribution in [-0.4, -0.2) is 19.3 Å². The number of aromatic nitrogens is 1. The first kappa shape index (κ1) is 22.5. The van der Waals surface area contributed by atoms with Gasteiger partial charge >= 0.3 is 0 Å². The second kappa shape index (κ2) is 9.44. The molecule has 164 valence electrons. The van der Waals surface area contributed by atoms with Gasteiger partial charge in [0.25, 0.3) is 15.9 Å². The van der Waals surface area contributed by atoms with Gasteiger partial charge in [-0.25, -0.2) is 18.1 Å². The Morgan fingerprint density at radius 1 is 1.03 bits per heavy atom. The second-order valence-electron chi connectivity index (χ2n) is 7.44. The molecule has 1 amide bonds. The molecular weight excluding hydrogens is 460 g/mol. The normalized spacial score (nSPS) is 12.6. The summed E-state index contributed by atoms with van der Waals surface area (Å²) in [5.74, 6) is -0.0716. The van der Waals surface area contributed by atoms with Gasteiger partial charge in [0.1, 0.15) is 5.25 Å². The Morgan fingerprint density at radius 3 is 2.44 bits per heavy atom. The third-order valence-electron chi connectivity index (χ3n) is 4.95. The molecular formula is C24H22N2O3S3. The number of amides is 1. The first-order valence-corrected chi connectivity index (χ1v) is 13.4. The van der Waals surface area contributed by atoms with E-state index >= 15 is 0 Å². The lowest BCUT2D eigenvalue weighted by molar-refractivity contribution is -0.118. The van der Waals surface area contributed by atoms with Gasteiger partial charge in [-0.3, -0.25) is 4.79 Å². The first-order valence-electron chi connectivity index (χ1n) is 9.96. The number of sulfonamides is 1. The molecule has 0 fully saturated rings. The van der Waals surface area contributed by atoms with E-state index < -0.39 is 21.2 Å². The fourth-order valence-electron chi connectivity index (χ4n) is 3.30. The van der Waals surface area contributed by atoms with Gasteiger partial charge in [0.2, 0.25) is 0 Å². The fraction of sp³-hybridized carbons (Fsp3) is 0.167. The van der Waals surface area contributed by atoms with Crippen LogP contribution in [0.15, 0.2) is 77.0 Å². The van der Waals surface area contributed by atoms with E-state index in [4.69, 9.17) is 0 Å². The van der Waals surface area contributed by atoms with E-state index in [0.29, 0.717) is 5.75 Å². The van der Waals surface area contributed by atoms with Crippen molar-refractivity contribution in [2.45, 2.75) is 29.7 Å². The van der Waals surface area contributed by atoms with E-state index in [1.165, 1.54) is 23.9 Å². The van der Waals surface area contributed by atoms with Crippen LogP contribution in [0, 0.1) is 13.8 Å². The molecule has 1 aromatic heterocycles. The summed E-state index contributed by atoms with van der Waals surface area (Å²) in [4.78, 5) is 17.8. The van der Waals surface area contributed by atoms with E-state index in [-0.39, 0.29) is 4.90 Å². The van der Waals surface area contributed by atoms with Crippen molar-refractivity contribution < 1.29 is 13.2 Å². The third kappa shape index (κ3) is 5.20. The Bertz CT molecular complexity index is 1360. The highest BCUT2D eigenvalue weighted by atomic mass is 32.2. The summed E-state index contributed by atoms with van der Waals surface area (Å²) in [6.07, 6.45) is 0. The van der Waals surface area contributed by atoms with Crippen molar-refractivity contribution in [2.24, 2.45) is 0 Å². The van der Waals surface area contributed by atoms with Crippen LogP contribution < -0.4 is 4.72 Å². The number of thiazole rings is 1. The Morgan fingerprint density at radius 2 is 1.75 bits per heavy atom. The zero-order valence-corrected chi connectivity index (χ0v) is 20.1. The van der Waals surface area contributed by atoms with Gasteiger partial charge in [-0.1, -0.05) is 54.1 Å². The molecule has 0 saturated carbocycles. The summed E-state index contributed by atoms with van der Waals surface area (Å²) in [7, 11) is -3.98. The molecule has 0 bridgehead atoms. The number of carbonyl (C=O) groups excluding carboxylic acids is 1. The second-order valence-corrected chi connectivity index (χ2v) is 11.3. The molecule has 0 radical (unpaired) electrons. The number of thioether (sulfide) groups is 1. The number of nitrogens with zero attached hydrogens (tertiary/aromatic N) is 1. The van der Waals surface area contributed by atoms with Gasteiger partial charge in [0, 0.05) is 11.1 Å². The Kier molecular flexibility index (Phi) is 6.64. The number of hydrogen-bond acceptors (Lipinski definition) is 6. The molecule has 32 heavy (non-hydrogen) atoms. The van der Waals surface area contributed by atoms with Crippen LogP contribution in [0.4, 0.5) is 0 Å². The van der Waals surface area contributed by atoms with Crippen LogP contribution in [-0.2, 0) is 20.6 Å². The maximum Gasteiger partial charge on any atom is 0.264 e. The predicted octanol–water partition coefficient (Wildman–Crippen LogP) is 5.39. The minimum atomic E-state index is -3.98. The van der Waals surface area contributed by atoms with Crippen molar-refractivity contribution in [3.8, 4) is 0 Å². The fourth-order valence-corrected chi connectivity index (χ4v) is 6.12. The van der Waals surface area contributed by atoms with Crippen molar-refractivity contribution in [3.05, 3.63) is 93.9 Å². The van der Waals surface area contributed by atoms with Crippen LogP contribution in [0.1, 0.15) is 27.1 Å². The van der Waals surface area contributed by atoms with Crippen molar-refractivity contribution in [2.75, 3.05) is 0 Å². The molecule has 0 spiro atoms. The average molecular weight is 483 g/mol. The van der Waals surface area contributed by atoms with Gasteiger partial charge in [0.05, 0.1) is 15.6 Å². The highest BCUT2D eigenvalue weighted by Gasteiger charge is 2.27. The maximum atomic E-state index is 13.2. The van der Waals surface area contributed by atoms with Gasteiger partial charge in [-0.05, 0) is 48.4 Å². The minimum Gasteiger partial charge on any atom is -0.272 e. The summed E-state index contributed by atoms with van der Waals surface area (Å²) in [6.45, 7) is 3.81. The number of carbonyl (C=O) groups is 1. The highest BCUT2D eigenvalue weighted by Crippen LogP contribution is 2.34. The number of rotatable bonds is 7. The average Bonchev–Trinajstić information content (AvgIpc) is 3.19. The van der Waals surface area contributed by atoms with Crippen molar-refractivity contribution in [1.29, 1.82) is 0 Å². The molecule has 0 aliphatic heterocycles. The van der Waals surface area contributed by atoms with Crippen molar-refractivity contribution in [1.82, 2.24) is 9.71 Å². The molecule has 1 heterocycles. The summed E-state index contributed by atoms with van der Waals surface area (Å²) in [5, 5.41) is 4.26. The van der Waals surface area contributed by atoms with E-state index in [1.54, 1.807) is 23.5 Å². The Balaban J connectivity index is 1.63. The summed E-state index contributed by atoms with van der Waals surface area (Å²) >= 11 is 2.91. The molecule has 3 aromatic carbocycles. The molecule has 4 aromatic rings. The van der Waals surface area contributed by atoms with Crippen molar-refractivity contribution >= 4 is 49.8 Å². The summed E-state index contributed by atoms with van der Waals surface area (Å²) in [6, 6.07) is 20.1. The van der Waals surface area contributed by atoms with Gasteiger partial charge < -0.3 is 0 Å². The lowest BCUT2D eigenvalue weighted by Gasteiger charge is -2.17. The number of nitrogens with one attached hydrogen (secondary N) is 1. The molecule has 1 atom stereocenters. The number of benzene rings is 3. The highest BCUT2D eigenvalue weighted by molar-refractivity contribution is 7.99. The van der Waals surface area contributed by atoms with Crippen LogP contribution in [0.2, 0.25) is 0 Å². The molecule has 0 aliphatic rings. The van der Waals surface area contributed by atoms with E-state index in [0.717, 1.165) is 32.6 Å². The smallest absolute Gasteiger partial charge is 0.264 e. The molecule has 8 heteroatoms. The SMILES string of the molecule is Cc1ccc(S(=O)(=O)NC(=O)C(SCc2csc(C)n2)c2ccc3ccccc3c2)cc1. The molecule has 1 unspecified atom stereocenters. The van der Waals surface area contributed by atoms with E-state index in [2.05, 4.69) is 9.71 Å². The van der Waals surface area contributed by atoms with Crippen LogP contribution in [0.3, 0.4) is 0 Å². The zero-order valence-electron chi connectivity index (χ0n) is 17.6. The lowest BCUT2D eigenvalue weighted by Crippen LogP contribution is -2.33. The minimum absolute atomic E-state index is 0.0637. The third-order valence-corrected chi connectivity index (χ3v) is 8.41. The zero-order chi connectivity index (χ0) is 22.7. The molecule has 0 aliphatic carbocycles. The number of hydrogen-bond donors (Lipinski definition) is 1. The quantitative estimate of drug-likeness (QED) is 0.382. The monoisotopic (exact) mass is 482 g/mol. The standard InChI is InChI=1S/C24H22N2O3S3/c1-16-7-11-22(12-8-16)32(28,29)26-24(27)23(31-15-21-14-30-17(2)25-21)20-10-9-18-5-3-4-6-19(18)13-20/h3-14,23H,15H2,1-2H3,(H,26,27). The lowest BCUT2D eigenvalue weighted by atomic mass is 10.0. The van der Waals surface area contributed by atoms with Crippen LogP contribution in [0.25, 0.3) is 10.8 Å². The first-order chi connectivity index (χ1) is 15.3. The molecule has 0 saturated heterocycles. The number of aryl methyl sites for hydroxylation is 2. The predicted molar refractivity (Wildman–Crippen MR) is 131 cm³/mol. The summed E-state index contributed by atoms with van der Waals surface area (Å²) < 4.78 is 27.9. The van der Waals surface area contributed by atoms with Gasteiger partial charge in [-0.2, -0.15) is 0 Å². The van der Waals surface area contributed by atoms with Gasteiger partial charge in [-0.15, -0.1) is 23.1 Å².